The standard InChI is InChI=1S/C6H5FN4/c7-4-1-3(8)5-6(11-4)10-2-9-5/h1-2H,(H3,8,9,10,11). The molecule has 0 amide bonds. The first-order valence-electron chi connectivity index (χ1n) is 3.02. The summed E-state index contributed by atoms with van der Waals surface area (Å²) in [6, 6.07) is 1.15. The van der Waals surface area contributed by atoms with Crippen LogP contribution in [0, 0.1) is 5.95 Å². The van der Waals surface area contributed by atoms with Crippen LogP contribution in [0.5, 0.6) is 0 Å². The van der Waals surface area contributed by atoms with Gasteiger partial charge in [-0.15, -0.1) is 0 Å². The molecule has 0 aliphatic heterocycles. The third-order valence-electron chi connectivity index (χ3n) is 1.40. The Balaban J connectivity index is 2.91. The van der Waals surface area contributed by atoms with Crippen LogP contribution in [0.25, 0.3) is 11.2 Å². The van der Waals surface area contributed by atoms with Crippen LogP contribution in [-0.2, 0) is 0 Å². The summed E-state index contributed by atoms with van der Waals surface area (Å²) in [5.74, 6) is -0.609. The van der Waals surface area contributed by atoms with Gasteiger partial charge < -0.3 is 10.7 Å². The third-order valence-corrected chi connectivity index (χ3v) is 1.40. The van der Waals surface area contributed by atoms with E-state index in [1.165, 1.54) is 6.33 Å². The van der Waals surface area contributed by atoms with Gasteiger partial charge in [-0.25, -0.2) is 4.98 Å². The topological polar surface area (TPSA) is 67.6 Å². The van der Waals surface area contributed by atoms with E-state index >= 15 is 0 Å². The van der Waals surface area contributed by atoms with Crippen molar-refractivity contribution in [3.8, 4) is 0 Å². The van der Waals surface area contributed by atoms with E-state index in [1.807, 2.05) is 0 Å². The largest absolute Gasteiger partial charge is 0.397 e. The van der Waals surface area contributed by atoms with Crippen LogP contribution in [0.1, 0.15) is 0 Å². The highest BCUT2D eigenvalue weighted by atomic mass is 19.1. The minimum absolute atomic E-state index is 0.308. The molecule has 4 nitrogen and oxygen atoms in total. The number of imidazole rings is 1. The summed E-state index contributed by atoms with van der Waals surface area (Å²) in [5, 5.41) is 0. The number of fused-ring (bicyclic) bond motifs is 1. The third kappa shape index (κ3) is 0.813. The highest BCUT2D eigenvalue weighted by Crippen LogP contribution is 2.14. The molecule has 0 atom stereocenters. The first kappa shape index (κ1) is 6.09. The molecule has 0 radical (unpaired) electrons. The van der Waals surface area contributed by atoms with Gasteiger partial charge in [0, 0.05) is 6.07 Å². The maximum Gasteiger partial charge on any atom is 0.217 e. The number of rotatable bonds is 0. The van der Waals surface area contributed by atoms with Crippen LogP contribution >= 0.6 is 0 Å². The van der Waals surface area contributed by atoms with Crippen molar-refractivity contribution in [1.29, 1.82) is 0 Å². The normalized spacial score (nSPS) is 10.6. The molecule has 0 aromatic carbocycles. The summed E-state index contributed by atoms with van der Waals surface area (Å²) < 4.78 is 12.5. The zero-order valence-corrected chi connectivity index (χ0v) is 5.50. The van der Waals surface area contributed by atoms with E-state index in [1.54, 1.807) is 0 Å². The highest BCUT2D eigenvalue weighted by Gasteiger charge is 2.03. The Morgan fingerprint density at radius 3 is 3.18 bits per heavy atom. The number of halogens is 1. The number of aromatic amines is 1. The van der Waals surface area contributed by atoms with Crippen LogP contribution in [-0.4, -0.2) is 15.0 Å². The fourth-order valence-corrected chi connectivity index (χ4v) is 0.918. The Kier molecular flexibility index (Phi) is 1.06. The summed E-state index contributed by atoms with van der Waals surface area (Å²) in [4.78, 5) is 10.0. The SMILES string of the molecule is Nc1cc(F)nc2nc[nH]c12. The number of nitrogens with zero attached hydrogens (tertiary/aromatic N) is 2. The zero-order chi connectivity index (χ0) is 7.84. The zero-order valence-electron chi connectivity index (χ0n) is 5.50. The van der Waals surface area contributed by atoms with E-state index < -0.39 is 5.95 Å². The van der Waals surface area contributed by atoms with Gasteiger partial charge in [-0.1, -0.05) is 0 Å². The van der Waals surface area contributed by atoms with Gasteiger partial charge in [-0.2, -0.15) is 9.37 Å². The monoisotopic (exact) mass is 152 g/mol. The van der Waals surface area contributed by atoms with E-state index in [-0.39, 0.29) is 0 Å². The highest BCUT2D eigenvalue weighted by molar-refractivity contribution is 5.83. The lowest BCUT2D eigenvalue weighted by Crippen LogP contribution is -1.91. The number of nitrogen functional groups attached to an aromatic ring is 1. The number of hydrogen-bond acceptors (Lipinski definition) is 3. The van der Waals surface area contributed by atoms with Gasteiger partial charge in [0.05, 0.1) is 12.0 Å². The van der Waals surface area contributed by atoms with Crippen molar-refractivity contribution in [3.05, 3.63) is 18.3 Å². The average molecular weight is 152 g/mol. The van der Waals surface area contributed by atoms with Crippen molar-refractivity contribution < 1.29 is 4.39 Å². The van der Waals surface area contributed by atoms with Gasteiger partial charge in [0.2, 0.25) is 5.95 Å². The van der Waals surface area contributed by atoms with E-state index in [9.17, 15) is 4.39 Å². The molecule has 11 heavy (non-hydrogen) atoms. The number of nitrogens with two attached hydrogens (primary N) is 1. The second-order valence-corrected chi connectivity index (χ2v) is 2.14. The Morgan fingerprint density at radius 1 is 1.55 bits per heavy atom. The number of pyridine rings is 1. The van der Waals surface area contributed by atoms with Crippen LogP contribution in [0.15, 0.2) is 12.4 Å². The van der Waals surface area contributed by atoms with Crippen molar-refractivity contribution in [2.24, 2.45) is 0 Å². The summed E-state index contributed by atoms with van der Waals surface area (Å²) in [5.41, 5.74) is 6.66. The summed E-state index contributed by atoms with van der Waals surface area (Å²) in [7, 11) is 0. The van der Waals surface area contributed by atoms with Crippen LogP contribution in [0.3, 0.4) is 0 Å². The molecule has 2 aromatic rings. The van der Waals surface area contributed by atoms with E-state index in [0.717, 1.165) is 6.07 Å². The predicted octanol–water partition coefficient (Wildman–Crippen LogP) is 0.679. The minimum atomic E-state index is -0.609. The fraction of sp³-hybridized carbons (Fsp3) is 0. The number of hydrogen-bond donors (Lipinski definition) is 2. The molecule has 0 bridgehead atoms. The molecule has 3 N–H and O–H groups in total. The number of anilines is 1. The lowest BCUT2D eigenvalue weighted by atomic mass is 10.4. The minimum Gasteiger partial charge on any atom is -0.397 e. The quantitative estimate of drug-likeness (QED) is 0.545. The molecule has 0 fully saturated rings. The Hall–Kier alpha value is -1.65. The van der Waals surface area contributed by atoms with Crippen LogP contribution in [0.4, 0.5) is 10.1 Å². The second-order valence-electron chi connectivity index (χ2n) is 2.14. The Labute approximate surface area is 61.3 Å². The number of nitrogens with one attached hydrogen (secondary N) is 1. The van der Waals surface area contributed by atoms with Gasteiger partial charge in [0.25, 0.3) is 0 Å². The number of H-pyrrole nitrogens is 1. The predicted molar refractivity (Wildman–Crippen MR) is 38.3 cm³/mol. The van der Waals surface area contributed by atoms with E-state index in [2.05, 4.69) is 15.0 Å². The Morgan fingerprint density at radius 2 is 2.36 bits per heavy atom. The Bertz CT molecular complexity index is 394. The first-order chi connectivity index (χ1) is 5.27. The van der Waals surface area contributed by atoms with Crippen molar-refractivity contribution >= 4 is 16.9 Å². The molecule has 0 aliphatic rings. The summed E-state index contributed by atoms with van der Waals surface area (Å²) >= 11 is 0. The van der Waals surface area contributed by atoms with Gasteiger partial charge in [-0.3, -0.25) is 0 Å². The smallest absolute Gasteiger partial charge is 0.217 e. The van der Waals surface area contributed by atoms with E-state index in [4.69, 9.17) is 5.73 Å². The van der Waals surface area contributed by atoms with Gasteiger partial charge in [0.1, 0.15) is 5.52 Å². The van der Waals surface area contributed by atoms with Gasteiger partial charge in [0.15, 0.2) is 5.65 Å². The molecule has 0 saturated heterocycles. The van der Waals surface area contributed by atoms with E-state index in [0.29, 0.717) is 16.9 Å². The lowest BCUT2D eigenvalue weighted by molar-refractivity contribution is 0.589. The van der Waals surface area contributed by atoms with Gasteiger partial charge >= 0.3 is 0 Å². The van der Waals surface area contributed by atoms with Crippen molar-refractivity contribution in [2.75, 3.05) is 5.73 Å². The fourth-order valence-electron chi connectivity index (χ4n) is 0.918. The molecule has 2 heterocycles. The maximum absolute atomic E-state index is 12.5. The van der Waals surface area contributed by atoms with Crippen LogP contribution in [0.2, 0.25) is 0 Å². The molecule has 2 aromatic heterocycles. The molecular formula is C6H5FN4. The first-order valence-corrected chi connectivity index (χ1v) is 3.02. The molecule has 0 unspecified atom stereocenters. The molecule has 56 valence electrons. The molecule has 2 rings (SSSR count). The average Bonchev–Trinajstić information content (AvgIpc) is 2.34. The molecule has 5 heteroatoms. The van der Waals surface area contributed by atoms with Crippen molar-refractivity contribution in [2.45, 2.75) is 0 Å². The van der Waals surface area contributed by atoms with Crippen molar-refractivity contribution in [1.82, 2.24) is 15.0 Å². The summed E-state index contributed by atoms with van der Waals surface area (Å²) in [6.45, 7) is 0. The number of aromatic nitrogens is 3. The maximum atomic E-state index is 12.5. The van der Waals surface area contributed by atoms with Crippen molar-refractivity contribution in [3.63, 3.8) is 0 Å². The van der Waals surface area contributed by atoms with Gasteiger partial charge in [-0.05, 0) is 0 Å². The molecule has 0 saturated carbocycles. The van der Waals surface area contributed by atoms with Crippen LogP contribution < -0.4 is 5.73 Å². The molecule has 0 aliphatic carbocycles. The summed E-state index contributed by atoms with van der Waals surface area (Å²) in [6.07, 6.45) is 1.42. The molecule has 0 spiro atoms. The lowest BCUT2D eigenvalue weighted by Gasteiger charge is -1.93. The second kappa shape index (κ2) is 1.91. The molecular weight excluding hydrogens is 147 g/mol.